The van der Waals surface area contributed by atoms with Crippen molar-refractivity contribution in [3.63, 3.8) is 0 Å². The van der Waals surface area contributed by atoms with Crippen molar-refractivity contribution in [3.8, 4) is 0 Å². The second kappa shape index (κ2) is 5.32. The highest BCUT2D eigenvalue weighted by Crippen LogP contribution is 2.16. The van der Waals surface area contributed by atoms with Crippen LogP contribution in [0.25, 0.3) is 0 Å². The highest BCUT2D eigenvalue weighted by molar-refractivity contribution is 7.86. The minimum Gasteiger partial charge on any atom is -0.366 e. The summed E-state index contributed by atoms with van der Waals surface area (Å²) >= 11 is 0. The molecule has 0 aliphatic heterocycles. The molecule has 1 atom stereocenters. The van der Waals surface area contributed by atoms with Crippen LogP contribution in [0.3, 0.4) is 0 Å². The number of primary amides is 1. The summed E-state index contributed by atoms with van der Waals surface area (Å²) in [6.45, 7) is 5.22. The summed E-state index contributed by atoms with van der Waals surface area (Å²) in [5.41, 5.74) is 6.37. The van der Waals surface area contributed by atoms with Gasteiger partial charge in [0.15, 0.2) is 0 Å². The molecule has 0 fully saturated rings. The van der Waals surface area contributed by atoms with Crippen LogP contribution in [0.5, 0.6) is 0 Å². The Hall–Kier alpha value is -1.66. The van der Waals surface area contributed by atoms with Crippen molar-refractivity contribution >= 4 is 16.0 Å². The van der Waals surface area contributed by atoms with E-state index >= 15 is 0 Å². The molecule has 0 bridgehead atoms. The summed E-state index contributed by atoms with van der Waals surface area (Å²) in [5.74, 6) is -0.940. The summed E-state index contributed by atoms with van der Waals surface area (Å²) in [6.07, 6.45) is -0.0408. The molecule has 0 aromatic heterocycles. The van der Waals surface area contributed by atoms with Gasteiger partial charge in [0.1, 0.15) is 5.25 Å². The number of hydrogen-bond donors (Lipinski definition) is 2. The number of nitrogens with two attached hydrogens (primary N) is 1. The largest absolute Gasteiger partial charge is 0.366 e. The van der Waals surface area contributed by atoms with Crippen molar-refractivity contribution in [1.29, 1.82) is 0 Å². The summed E-state index contributed by atoms with van der Waals surface area (Å²) < 4.78 is 31.6. The van der Waals surface area contributed by atoms with Gasteiger partial charge in [0.25, 0.3) is 10.1 Å². The summed E-state index contributed by atoms with van der Waals surface area (Å²) in [5, 5.41) is -1.40. The fourth-order valence-electron chi connectivity index (χ4n) is 1.51. The van der Waals surface area contributed by atoms with E-state index in [1.54, 1.807) is 12.1 Å². The lowest BCUT2D eigenvalue weighted by Crippen LogP contribution is -2.31. The summed E-state index contributed by atoms with van der Waals surface area (Å²) in [4.78, 5) is 11.0. The Morgan fingerprint density at radius 3 is 2.28 bits per heavy atom. The predicted octanol–water partition coefficient (Wildman–Crippen LogP) is 0.835. The maximum Gasteiger partial charge on any atom is 0.272 e. The monoisotopic (exact) mass is 269 g/mol. The number of hydrogen-bond acceptors (Lipinski definition) is 3. The van der Waals surface area contributed by atoms with Crippen LogP contribution in [0, 0.1) is 6.92 Å². The van der Waals surface area contributed by atoms with E-state index in [1.807, 2.05) is 19.1 Å². The molecular weight excluding hydrogens is 254 g/mol. The third-order valence-electron chi connectivity index (χ3n) is 2.61. The third-order valence-corrected chi connectivity index (χ3v) is 3.78. The fourth-order valence-corrected chi connectivity index (χ4v) is 2.38. The van der Waals surface area contributed by atoms with Gasteiger partial charge in [-0.2, -0.15) is 8.42 Å². The normalized spacial score (nSPS) is 13.0. The lowest BCUT2D eigenvalue weighted by molar-refractivity contribution is -0.114. The lowest BCUT2D eigenvalue weighted by Gasteiger charge is -2.14. The minimum atomic E-state index is -4.42. The van der Waals surface area contributed by atoms with Gasteiger partial charge in [-0.1, -0.05) is 36.4 Å². The second-order valence-electron chi connectivity index (χ2n) is 4.08. The Bertz CT molecular complexity index is 560. The number of amides is 1. The van der Waals surface area contributed by atoms with Crippen LogP contribution in [0.15, 0.2) is 36.4 Å². The number of carbonyl (C=O) groups excluding carboxylic acids is 1. The molecule has 0 radical (unpaired) electrons. The molecule has 0 saturated carbocycles. The van der Waals surface area contributed by atoms with Crippen molar-refractivity contribution in [2.24, 2.45) is 5.73 Å². The fraction of sp³-hybridized carbons (Fsp3) is 0.250. The van der Waals surface area contributed by atoms with Crippen molar-refractivity contribution in [1.82, 2.24) is 0 Å². The maximum atomic E-state index is 11.2. The lowest BCUT2D eigenvalue weighted by atomic mass is 10.0. The van der Waals surface area contributed by atoms with Crippen molar-refractivity contribution < 1.29 is 17.8 Å². The molecule has 18 heavy (non-hydrogen) atoms. The molecule has 0 heterocycles. The first kappa shape index (κ1) is 14.4. The first-order valence-corrected chi connectivity index (χ1v) is 6.72. The highest BCUT2D eigenvalue weighted by atomic mass is 32.2. The molecule has 1 amide bonds. The van der Waals surface area contributed by atoms with Crippen LogP contribution >= 0.6 is 0 Å². The van der Waals surface area contributed by atoms with E-state index < -0.39 is 21.3 Å². The van der Waals surface area contributed by atoms with Gasteiger partial charge in [0.2, 0.25) is 5.91 Å². The predicted molar refractivity (Wildman–Crippen MR) is 68.6 cm³/mol. The Kier molecular flexibility index (Phi) is 4.26. The topological polar surface area (TPSA) is 97.5 Å². The van der Waals surface area contributed by atoms with Crippen molar-refractivity contribution in [3.05, 3.63) is 47.5 Å². The van der Waals surface area contributed by atoms with E-state index in [2.05, 4.69) is 6.58 Å². The maximum absolute atomic E-state index is 11.2. The van der Waals surface area contributed by atoms with E-state index in [-0.39, 0.29) is 12.0 Å². The SMILES string of the molecule is C=C(C(N)=O)C(Cc1ccc(C)cc1)S(=O)(=O)O. The molecule has 0 spiro atoms. The number of aryl methyl sites for hydroxylation is 1. The van der Waals surface area contributed by atoms with E-state index in [0.717, 1.165) is 5.56 Å². The molecule has 0 aliphatic carbocycles. The van der Waals surface area contributed by atoms with Gasteiger partial charge in [0, 0.05) is 5.57 Å². The van der Waals surface area contributed by atoms with Gasteiger partial charge in [0.05, 0.1) is 0 Å². The van der Waals surface area contributed by atoms with Crippen LogP contribution in [-0.4, -0.2) is 24.1 Å². The van der Waals surface area contributed by atoms with E-state index in [4.69, 9.17) is 10.3 Å². The summed E-state index contributed by atoms with van der Waals surface area (Å²) in [7, 11) is -4.42. The van der Waals surface area contributed by atoms with Crippen LogP contribution in [-0.2, 0) is 21.3 Å². The van der Waals surface area contributed by atoms with Crippen LogP contribution in [0.2, 0.25) is 0 Å². The number of carbonyl (C=O) groups is 1. The van der Waals surface area contributed by atoms with Gasteiger partial charge in [-0.3, -0.25) is 9.35 Å². The molecule has 6 heteroatoms. The zero-order valence-electron chi connectivity index (χ0n) is 9.96. The van der Waals surface area contributed by atoms with Gasteiger partial charge < -0.3 is 5.73 Å². The Morgan fingerprint density at radius 2 is 1.89 bits per heavy atom. The quantitative estimate of drug-likeness (QED) is 0.611. The Labute approximate surface area is 106 Å². The smallest absolute Gasteiger partial charge is 0.272 e. The third kappa shape index (κ3) is 3.68. The summed E-state index contributed by atoms with van der Waals surface area (Å²) in [6, 6.07) is 7.07. The molecule has 1 aromatic rings. The molecule has 5 nitrogen and oxygen atoms in total. The van der Waals surface area contributed by atoms with Gasteiger partial charge in [-0.15, -0.1) is 0 Å². The number of benzene rings is 1. The minimum absolute atomic E-state index is 0.0408. The zero-order valence-corrected chi connectivity index (χ0v) is 10.8. The van der Waals surface area contributed by atoms with E-state index in [0.29, 0.717) is 5.56 Å². The molecule has 98 valence electrons. The zero-order chi connectivity index (χ0) is 13.9. The molecule has 1 rings (SSSR count). The van der Waals surface area contributed by atoms with Crippen molar-refractivity contribution in [2.45, 2.75) is 18.6 Å². The standard InChI is InChI=1S/C12H15NO4S/c1-8-3-5-10(6-4-8)7-11(18(15,16)17)9(2)12(13)14/h3-6,11H,2,7H2,1H3,(H2,13,14)(H,15,16,17). The van der Waals surface area contributed by atoms with Gasteiger partial charge in [-0.25, -0.2) is 0 Å². The number of rotatable bonds is 5. The average molecular weight is 269 g/mol. The van der Waals surface area contributed by atoms with Crippen LogP contribution in [0.4, 0.5) is 0 Å². The van der Waals surface area contributed by atoms with Crippen molar-refractivity contribution in [2.75, 3.05) is 0 Å². The van der Waals surface area contributed by atoms with Gasteiger partial charge in [-0.05, 0) is 18.9 Å². The van der Waals surface area contributed by atoms with Crippen LogP contribution in [0.1, 0.15) is 11.1 Å². The highest BCUT2D eigenvalue weighted by Gasteiger charge is 2.29. The second-order valence-corrected chi connectivity index (χ2v) is 5.68. The van der Waals surface area contributed by atoms with E-state index in [9.17, 15) is 13.2 Å². The first-order valence-electron chi connectivity index (χ1n) is 5.22. The molecule has 1 aromatic carbocycles. The molecule has 3 N–H and O–H groups in total. The Balaban J connectivity index is 3.04. The van der Waals surface area contributed by atoms with Gasteiger partial charge >= 0.3 is 0 Å². The molecule has 0 saturated heterocycles. The molecule has 1 unspecified atom stereocenters. The van der Waals surface area contributed by atoms with E-state index in [1.165, 1.54) is 0 Å². The molecular formula is C12H15NO4S. The average Bonchev–Trinajstić information content (AvgIpc) is 2.25. The first-order chi connectivity index (χ1) is 8.21. The molecule has 0 aliphatic rings. The Morgan fingerprint density at radius 1 is 1.39 bits per heavy atom. The van der Waals surface area contributed by atoms with Crippen LogP contribution < -0.4 is 5.73 Å².